The van der Waals surface area contributed by atoms with Crippen LogP contribution in [0.2, 0.25) is 0 Å². The lowest BCUT2D eigenvalue weighted by Crippen LogP contribution is -2.30. The molecule has 2 rings (SSSR count). The Balaban J connectivity index is 2.14. The van der Waals surface area contributed by atoms with E-state index in [1.54, 1.807) is 6.07 Å². The van der Waals surface area contributed by atoms with Gasteiger partial charge in [-0.15, -0.1) is 0 Å². The van der Waals surface area contributed by atoms with E-state index in [1.807, 2.05) is 18.0 Å². The van der Waals surface area contributed by atoms with Gasteiger partial charge in [0.05, 0.1) is 16.2 Å². The molecule has 0 unspecified atom stereocenters. The molecule has 1 saturated heterocycles. The van der Waals surface area contributed by atoms with Crippen molar-refractivity contribution in [3.8, 4) is 6.07 Å². The van der Waals surface area contributed by atoms with Crippen molar-refractivity contribution in [1.29, 1.82) is 5.26 Å². The third-order valence-electron chi connectivity index (χ3n) is 3.60. The molecule has 1 aliphatic rings. The summed E-state index contributed by atoms with van der Waals surface area (Å²) in [5.74, 6) is 0.537. The van der Waals surface area contributed by atoms with E-state index in [9.17, 15) is 10.1 Å². The Morgan fingerprint density at radius 2 is 2.20 bits per heavy atom. The van der Waals surface area contributed by atoms with E-state index >= 15 is 0 Å². The third-order valence-corrected chi connectivity index (χ3v) is 3.60. The zero-order chi connectivity index (χ0) is 14.5. The maximum atomic E-state index is 10.7. The molecule has 0 radical (unpaired) electrons. The first-order valence-electron chi connectivity index (χ1n) is 6.59. The second kappa shape index (κ2) is 6.35. The van der Waals surface area contributed by atoms with Gasteiger partial charge in [-0.1, -0.05) is 0 Å². The van der Waals surface area contributed by atoms with Crippen LogP contribution in [-0.4, -0.2) is 31.7 Å². The molecule has 1 aliphatic heterocycles. The molecular weight excluding hydrogens is 258 g/mol. The van der Waals surface area contributed by atoms with Gasteiger partial charge in [0, 0.05) is 38.9 Å². The Kier molecular flexibility index (Phi) is 4.53. The van der Waals surface area contributed by atoms with Crippen molar-refractivity contribution in [1.82, 2.24) is 0 Å². The number of nitro benzene ring substituents is 1. The topological polar surface area (TPSA) is 79.4 Å². The van der Waals surface area contributed by atoms with Crippen LogP contribution in [0.25, 0.3) is 0 Å². The number of nitriles is 1. The first kappa shape index (κ1) is 14.3. The van der Waals surface area contributed by atoms with Crippen molar-refractivity contribution in [2.45, 2.75) is 12.8 Å². The molecule has 6 nitrogen and oxygen atoms in total. The van der Waals surface area contributed by atoms with Crippen LogP contribution in [0.1, 0.15) is 18.4 Å². The first-order chi connectivity index (χ1) is 9.61. The van der Waals surface area contributed by atoms with Crippen LogP contribution in [0.5, 0.6) is 0 Å². The smallest absolute Gasteiger partial charge is 0.270 e. The lowest BCUT2D eigenvalue weighted by Gasteiger charge is -2.28. The summed E-state index contributed by atoms with van der Waals surface area (Å²) in [7, 11) is 1.91. The van der Waals surface area contributed by atoms with Crippen molar-refractivity contribution in [3.63, 3.8) is 0 Å². The van der Waals surface area contributed by atoms with Crippen LogP contribution in [0, 0.1) is 27.4 Å². The van der Waals surface area contributed by atoms with Crippen molar-refractivity contribution in [2.24, 2.45) is 5.92 Å². The molecule has 0 bridgehead atoms. The molecule has 1 aromatic rings. The van der Waals surface area contributed by atoms with Crippen LogP contribution < -0.4 is 4.90 Å². The molecule has 0 amide bonds. The average molecular weight is 275 g/mol. The number of hydrogen-bond donors (Lipinski definition) is 0. The molecule has 0 spiro atoms. The van der Waals surface area contributed by atoms with Crippen molar-refractivity contribution in [3.05, 3.63) is 33.9 Å². The van der Waals surface area contributed by atoms with E-state index in [1.165, 1.54) is 12.1 Å². The van der Waals surface area contributed by atoms with Gasteiger partial charge in [0.2, 0.25) is 0 Å². The highest BCUT2D eigenvalue weighted by molar-refractivity contribution is 5.62. The number of rotatable bonds is 4. The Hall–Kier alpha value is -2.13. The minimum Gasteiger partial charge on any atom is -0.381 e. The van der Waals surface area contributed by atoms with E-state index in [0.29, 0.717) is 11.5 Å². The van der Waals surface area contributed by atoms with Crippen LogP contribution in [0.15, 0.2) is 18.2 Å². The van der Waals surface area contributed by atoms with Crippen molar-refractivity contribution in [2.75, 3.05) is 31.7 Å². The van der Waals surface area contributed by atoms with Gasteiger partial charge in [0.15, 0.2) is 0 Å². The maximum absolute atomic E-state index is 10.7. The van der Waals surface area contributed by atoms with Crippen LogP contribution in [-0.2, 0) is 4.74 Å². The summed E-state index contributed by atoms with van der Waals surface area (Å²) in [5.41, 5.74) is 1.03. The van der Waals surface area contributed by atoms with Crippen molar-refractivity contribution >= 4 is 11.4 Å². The normalized spacial score (nSPS) is 15.6. The summed E-state index contributed by atoms with van der Waals surface area (Å²) in [6, 6.07) is 6.46. The predicted molar refractivity (Wildman–Crippen MR) is 74.6 cm³/mol. The number of benzene rings is 1. The number of hydrogen-bond acceptors (Lipinski definition) is 5. The molecule has 1 aromatic carbocycles. The summed E-state index contributed by atoms with van der Waals surface area (Å²) in [6.07, 6.45) is 2.03. The number of nitro groups is 1. The second-order valence-corrected chi connectivity index (χ2v) is 5.01. The molecular formula is C14H17N3O3. The van der Waals surface area contributed by atoms with E-state index in [-0.39, 0.29) is 5.69 Å². The summed E-state index contributed by atoms with van der Waals surface area (Å²) in [6.45, 7) is 2.39. The van der Waals surface area contributed by atoms with E-state index in [2.05, 4.69) is 0 Å². The van der Waals surface area contributed by atoms with Gasteiger partial charge in [-0.2, -0.15) is 5.26 Å². The summed E-state index contributed by atoms with van der Waals surface area (Å²) in [5, 5.41) is 19.9. The number of nitrogens with zero attached hydrogens (tertiary/aromatic N) is 3. The number of anilines is 1. The SMILES string of the molecule is CN(CC1CCOCC1)c1ccc([N+](=O)[O-])cc1C#N. The summed E-state index contributed by atoms with van der Waals surface area (Å²) >= 11 is 0. The zero-order valence-electron chi connectivity index (χ0n) is 11.4. The lowest BCUT2D eigenvalue weighted by atomic mass is 9.99. The Labute approximate surface area is 117 Å². The highest BCUT2D eigenvalue weighted by atomic mass is 16.6. The molecule has 0 atom stereocenters. The van der Waals surface area contributed by atoms with Gasteiger partial charge in [0.1, 0.15) is 6.07 Å². The van der Waals surface area contributed by atoms with E-state index in [4.69, 9.17) is 10.00 Å². The Bertz CT molecular complexity index is 533. The third kappa shape index (κ3) is 3.25. The predicted octanol–water partition coefficient (Wildman–Crippen LogP) is 2.33. The highest BCUT2D eigenvalue weighted by Gasteiger charge is 2.18. The largest absolute Gasteiger partial charge is 0.381 e. The molecule has 0 N–H and O–H groups in total. The maximum Gasteiger partial charge on any atom is 0.270 e. The van der Waals surface area contributed by atoms with Gasteiger partial charge in [-0.3, -0.25) is 10.1 Å². The summed E-state index contributed by atoms with van der Waals surface area (Å²) < 4.78 is 5.33. The molecule has 1 heterocycles. The van der Waals surface area contributed by atoms with E-state index < -0.39 is 4.92 Å². The van der Waals surface area contributed by atoms with Crippen LogP contribution in [0.3, 0.4) is 0 Å². The average Bonchev–Trinajstić information content (AvgIpc) is 2.47. The molecule has 0 saturated carbocycles. The second-order valence-electron chi connectivity index (χ2n) is 5.01. The standard InChI is InChI=1S/C14H17N3O3/c1-16(10-11-4-6-20-7-5-11)14-3-2-13(17(18)19)8-12(14)9-15/h2-3,8,11H,4-7,10H2,1H3. The number of ether oxygens (including phenoxy) is 1. The summed E-state index contributed by atoms with van der Waals surface area (Å²) in [4.78, 5) is 12.3. The van der Waals surface area contributed by atoms with Crippen LogP contribution in [0.4, 0.5) is 11.4 Å². The van der Waals surface area contributed by atoms with Gasteiger partial charge < -0.3 is 9.64 Å². The molecule has 106 valence electrons. The minimum atomic E-state index is -0.483. The van der Waals surface area contributed by atoms with Gasteiger partial charge in [-0.25, -0.2) is 0 Å². The van der Waals surface area contributed by atoms with Crippen LogP contribution >= 0.6 is 0 Å². The Morgan fingerprint density at radius 1 is 1.50 bits per heavy atom. The highest BCUT2D eigenvalue weighted by Crippen LogP contribution is 2.26. The fraction of sp³-hybridized carbons (Fsp3) is 0.500. The number of non-ortho nitro benzene ring substituents is 1. The van der Waals surface area contributed by atoms with E-state index in [0.717, 1.165) is 38.3 Å². The molecule has 20 heavy (non-hydrogen) atoms. The lowest BCUT2D eigenvalue weighted by molar-refractivity contribution is -0.384. The Morgan fingerprint density at radius 3 is 2.80 bits per heavy atom. The minimum absolute atomic E-state index is 0.0511. The quantitative estimate of drug-likeness (QED) is 0.622. The van der Waals surface area contributed by atoms with Crippen molar-refractivity contribution < 1.29 is 9.66 Å². The fourth-order valence-electron chi connectivity index (χ4n) is 2.47. The van der Waals surface area contributed by atoms with Gasteiger partial charge in [-0.05, 0) is 24.8 Å². The first-order valence-corrected chi connectivity index (χ1v) is 6.59. The fourth-order valence-corrected chi connectivity index (χ4v) is 2.47. The molecule has 1 fully saturated rings. The monoisotopic (exact) mass is 275 g/mol. The molecule has 0 aliphatic carbocycles. The van der Waals surface area contributed by atoms with Gasteiger partial charge >= 0.3 is 0 Å². The molecule has 6 heteroatoms. The zero-order valence-corrected chi connectivity index (χ0v) is 11.4. The molecule has 0 aromatic heterocycles. The van der Waals surface area contributed by atoms with Gasteiger partial charge in [0.25, 0.3) is 5.69 Å².